The summed E-state index contributed by atoms with van der Waals surface area (Å²) in [5.41, 5.74) is 8.43. The van der Waals surface area contributed by atoms with Crippen LogP contribution in [0.3, 0.4) is 0 Å². The third kappa shape index (κ3) is 2.48. The molecular formula is C15H12BrN7O. The van der Waals surface area contributed by atoms with Crippen molar-refractivity contribution in [2.24, 2.45) is 0 Å². The molecule has 0 saturated heterocycles. The number of nitrogen functional groups attached to an aromatic ring is 1. The number of hydrogen-bond acceptors (Lipinski definition) is 5. The van der Waals surface area contributed by atoms with Crippen LogP contribution in [0.15, 0.2) is 41.5 Å². The zero-order chi connectivity index (χ0) is 16.7. The minimum absolute atomic E-state index is 0.0795. The normalized spacial score (nSPS) is 11.2. The minimum atomic E-state index is -0.185. The van der Waals surface area contributed by atoms with Gasteiger partial charge in [-0.2, -0.15) is 0 Å². The molecule has 0 aliphatic carbocycles. The van der Waals surface area contributed by atoms with Crippen LogP contribution in [0.4, 0.5) is 11.5 Å². The monoisotopic (exact) mass is 385 g/mol. The maximum absolute atomic E-state index is 12.4. The van der Waals surface area contributed by atoms with E-state index in [1.807, 2.05) is 18.2 Å². The Labute approximate surface area is 144 Å². The maximum atomic E-state index is 12.4. The number of anilines is 2. The van der Waals surface area contributed by atoms with Crippen LogP contribution in [-0.2, 0) is 11.3 Å². The number of halogens is 1. The molecule has 1 aromatic carbocycles. The number of carbonyl (C=O) groups is 1. The standard InChI is InChI=1S/C15H12BrN7O/c16-8-1-2-9-10(3-8)18-4-11(9)22-12(24)5-23-7-21-13-14(17)19-6-20-15(13)23/h1-4,6-7,18H,5H2,(H,22,24)(H2,17,19,20). The van der Waals surface area contributed by atoms with E-state index in [1.54, 1.807) is 10.8 Å². The number of aromatic amines is 1. The van der Waals surface area contributed by atoms with Crippen molar-refractivity contribution in [3.8, 4) is 0 Å². The molecule has 1 amide bonds. The Morgan fingerprint density at radius 2 is 2.21 bits per heavy atom. The van der Waals surface area contributed by atoms with Gasteiger partial charge in [0.2, 0.25) is 5.91 Å². The fraction of sp³-hybridized carbons (Fsp3) is 0.0667. The lowest BCUT2D eigenvalue weighted by atomic mass is 10.2. The number of benzene rings is 1. The van der Waals surface area contributed by atoms with Crippen LogP contribution in [-0.4, -0.2) is 30.4 Å². The first-order valence-electron chi connectivity index (χ1n) is 7.09. The number of imidazole rings is 1. The molecule has 120 valence electrons. The Morgan fingerprint density at radius 3 is 3.08 bits per heavy atom. The molecule has 0 atom stereocenters. The molecule has 0 radical (unpaired) electrons. The van der Waals surface area contributed by atoms with Crippen molar-refractivity contribution in [3.63, 3.8) is 0 Å². The number of amides is 1. The number of fused-ring (bicyclic) bond motifs is 2. The van der Waals surface area contributed by atoms with Crippen LogP contribution in [0.2, 0.25) is 0 Å². The summed E-state index contributed by atoms with van der Waals surface area (Å²) >= 11 is 3.42. The van der Waals surface area contributed by atoms with Crippen LogP contribution in [0, 0.1) is 0 Å². The predicted molar refractivity (Wildman–Crippen MR) is 94.4 cm³/mol. The van der Waals surface area contributed by atoms with E-state index < -0.39 is 0 Å². The van der Waals surface area contributed by atoms with Gasteiger partial charge in [0.25, 0.3) is 0 Å². The van der Waals surface area contributed by atoms with E-state index in [1.165, 1.54) is 12.7 Å². The van der Waals surface area contributed by atoms with Crippen molar-refractivity contribution in [2.45, 2.75) is 6.54 Å². The van der Waals surface area contributed by atoms with Crippen molar-refractivity contribution in [3.05, 3.63) is 41.5 Å². The lowest BCUT2D eigenvalue weighted by Gasteiger charge is -2.05. The van der Waals surface area contributed by atoms with Crippen LogP contribution in [0.1, 0.15) is 0 Å². The number of rotatable bonds is 3. The van der Waals surface area contributed by atoms with E-state index in [0.717, 1.165) is 21.1 Å². The molecule has 0 spiro atoms. The number of H-pyrrole nitrogens is 1. The highest BCUT2D eigenvalue weighted by molar-refractivity contribution is 9.10. The summed E-state index contributed by atoms with van der Waals surface area (Å²) in [4.78, 5) is 27.7. The van der Waals surface area contributed by atoms with Crippen LogP contribution in [0.25, 0.3) is 22.1 Å². The lowest BCUT2D eigenvalue weighted by Crippen LogP contribution is -2.18. The molecule has 4 N–H and O–H groups in total. The van der Waals surface area contributed by atoms with Crippen LogP contribution >= 0.6 is 15.9 Å². The third-order valence-corrected chi connectivity index (χ3v) is 4.15. The SMILES string of the molecule is Nc1ncnc2c1ncn2CC(=O)Nc1c[nH]c2cc(Br)ccc12. The van der Waals surface area contributed by atoms with Gasteiger partial charge >= 0.3 is 0 Å². The Morgan fingerprint density at radius 1 is 1.33 bits per heavy atom. The molecule has 0 unspecified atom stereocenters. The first kappa shape index (κ1) is 14.6. The number of nitrogens with zero attached hydrogens (tertiary/aromatic N) is 4. The first-order chi connectivity index (χ1) is 11.6. The molecule has 9 heteroatoms. The van der Waals surface area contributed by atoms with Gasteiger partial charge in [0.1, 0.15) is 18.4 Å². The molecule has 0 saturated carbocycles. The predicted octanol–water partition coefficient (Wildman–Crippen LogP) is 2.29. The number of aromatic nitrogens is 5. The summed E-state index contributed by atoms with van der Waals surface area (Å²) in [6, 6.07) is 5.81. The maximum Gasteiger partial charge on any atom is 0.244 e. The molecule has 4 rings (SSSR count). The van der Waals surface area contributed by atoms with Gasteiger partial charge in [-0.3, -0.25) is 4.79 Å². The number of carbonyl (C=O) groups excluding carboxylic acids is 1. The largest absolute Gasteiger partial charge is 0.382 e. The fourth-order valence-corrected chi connectivity index (χ4v) is 2.92. The highest BCUT2D eigenvalue weighted by Crippen LogP contribution is 2.26. The molecule has 3 aromatic heterocycles. The topological polar surface area (TPSA) is 115 Å². The zero-order valence-electron chi connectivity index (χ0n) is 12.3. The van der Waals surface area contributed by atoms with Gasteiger partial charge < -0.3 is 20.6 Å². The lowest BCUT2D eigenvalue weighted by molar-refractivity contribution is -0.116. The van der Waals surface area contributed by atoms with Crippen molar-refractivity contribution in [1.29, 1.82) is 0 Å². The first-order valence-corrected chi connectivity index (χ1v) is 7.89. The van der Waals surface area contributed by atoms with Gasteiger partial charge in [-0.25, -0.2) is 15.0 Å². The van der Waals surface area contributed by atoms with Crippen molar-refractivity contribution < 1.29 is 4.79 Å². The number of hydrogen-bond donors (Lipinski definition) is 3. The van der Waals surface area contributed by atoms with Crippen LogP contribution in [0.5, 0.6) is 0 Å². The van der Waals surface area contributed by atoms with E-state index >= 15 is 0 Å². The summed E-state index contributed by atoms with van der Waals surface area (Å²) in [6.45, 7) is 0.0795. The second kappa shape index (κ2) is 5.60. The van der Waals surface area contributed by atoms with Gasteiger partial charge in [0, 0.05) is 21.6 Å². The molecule has 4 aromatic rings. The molecule has 0 aliphatic rings. The molecule has 0 fully saturated rings. The third-order valence-electron chi connectivity index (χ3n) is 3.66. The fourth-order valence-electron chi connectivity index (χ4n) is 2.56. The molecule has 0 aliphatic heterocycles. The van der Waals surface area contributed by atoms with E-state index in [2.05, 4.69) is 41.2 Å². The summed E-state index contributed by atoms with van der Waals surface area (Å²) in [7, 11) is 0. The van der Waals surface area contributed by atoms with Gasteiger partial charge in [-0.1, -0.05) is 15.9 Å². The number of nitrogens with one attached hydrogen (secondary N) is 2. The second-order valence-corrected chi connectivity index (χ2v) is 6.16. The summed E-state index contributed by atoms with van der Waals surface area (Å²) in [6.07, 6.45) is 4.65. The van der Waals surface area contributed by atoms with Gasteiger partial charge in [0.05, 0.1) is 12.0 Å². The smallest absolute Gasteiger partial charge is 0.244 e. The summed E-state index contributed by atoms with van der Waals surface area (Å²) in [5, 5.41) is 3.83. The summed E-state index contributed by atoms with van der Waals surface area (Å²) in [5.74, 6) is 0.108. The van der Waals surface area contributed by atoms with Gasteiger partial charge in [0.15, 0.2) is 11.5 Å². The van der Waals surface area contributed by atoms with Crippen molar-refractivity contribution >= 4 is 55.4 Å². The highest BCUT2D eigenvalue weighted by atomic mass is 79.9. The second-order valence-electron chi connectivity index (χ2n) is 5.24. The Balaban J connectivity index is 1.58. The summed E-state index contributed by atoms with van der Waals surface area (Å²) < 4.78 is 2.60. The quantitative estimate of drug-likeness (QED) is 0.500. The van der Waals surface area contributed by atoms with E-state index in [-0.39, 0.29) is 12.5 Å². The van der Waals surface area contributed by atoms with Gasteiger partial charge in [-0.15, -0.1) is 0 Å². The van der Waals surface area contributed by atoms with Crippen LogP contribution < -0.4 is 11.1 Å². The minimum Gasteiger partial charge on any atom is -0.382 e. The zero-order valence-corrected chi connectivity index (χ0v) is 13.9. The Bertz CT molecular complexity index is 1070. The average molecular weight is 386 g/mol. The molecule has 3 heterocycles. The molecular weight excluding hydrogens is 374 g/mol. The molecule has 8 nitrogen and oxygen atoms in total. The van der Waals surface area contributed by atoms with E-state index in [4.69, 9.17) is 5.73 Å². The highest BCUT2D eigenvalue weighted by Gasteiger charge is 2.12. The number of nitrogens with two attached hydrogens (primary N) is 1. The Kier molecular flexibility index (Phi) is 3.42. The van der Waals surface area contributed by atoms with Crippen molar-refractivity contribution in [1.82, 2.24) is 24.5 Å². The molecule has 0 bridgehead atoms. The van der Waals surface area contributed by atoms with Crippen molar-refractivity contribution in [2.75, 3.05) is 11.1 Å². The Hall–Kier alpha value is -2.94. The van der Waals surface area contributed by atoms with E-state index in [9.17, 15) is 4.79 Å². The molecule has 24 heavy (non-hydrogen) atoms. The van der Waals surface area contributed by atoms with E-state index in [0.29, 0.717) is 17.0 Å². The average Bonchev–Trinajstić information content (AvgIpc) is 3.13. The van der Waals surface area contributed by atoms with Gasteiger partial charge in [-0.05, 0) is 18.2 Å².